The van der Waals surface area contributed by atoms with Gasteiger partial charge in [0.25, 0.3) is 5.92 Å². The Kier molecular flexibility index (Phi) is 7.41. The summed E-state index contributed by atoms with van der Waals surface area (Å²) in [5, 5.41) is 2.72. The number of alkyl carbamates (subject to hydrolysis) is 1. The lowest BCUT2D eigenvalue weighted by molar-refractivity contribution is -0.0656. The van der Waals surface area contributed by atoms with Crippen LogP contribution in [0, 0.1) is 0 Å². The second kappa shape index (κ2) is 9.35. The zero-order chi connectivity index (χ0) is 19.9. The quantitative estimate of drug-likeness (QED) is 0.776. The van der Waals surface area contributed by atoms with Crippen molar-refractivity contribution in [3.05, 3.63) is 29.8 Å². The molecule has 0 unspecified atom stereocenters. The van der Waals surface area contributed by atoms with Crippen molar-refractivity contribution in [2.45, 2.75) is 51.6 Å². The first-order valence-corrected chi connectivity index (χ1v) is 9.42. The van der Waals surface area contributed by atoms with E-state index in [1.165, 1.54) is 0 Å². The highest BCUT2D eigenvalue weighted by Crippen LogP contribution is 2.26. The molecule has 1 aliphatic heterocycles. The first-order valence-electron chi connectivity index (χ1n) is 9.42. The largest absolute Gasteiger partial charge is 0.492 e. The molecule has 0 aromatic heterocycles. The van der Waals surface area contributed by atoms with Crippen molar-refractivity contribution >= 4 is 6.09 Å². The van der Waals surface area contributed by atoms with Gasteiger partial charge in [0, 0.05) is 19.5 Å². The third-order valence-corrected chi connectivity index (χ3v) is 4.15. The van der Waals surface area contributed by atoms with E-state index in [2.05, 4.69) is 5.32 Å². The van der Waals surface area contributed by atoms with Gasteiger partial charge in [-0.2, -0.15) is 0 Å². The number of benzene rings is 1. The number of hydrogen-bond donors (Lipinski definition) is 1. The maximum atomic E-state index is 13.4. The van der Waals surface area contributed by atoms with E-state index in [1.807, 2.05) is 45.0 Å². The molecule has 1 heterocycles. The molecule has 2 rings (SSSR count). The van der Waals surface area contributed by atoms with Gasteiger partial charge in [0.1, 0.15) is 18.0 Å². The number of nitrogens with one attached hydrogen (secondary N) is 1. The van der Waals surface area contributed by atoms with Crippen LogP contribution in [0.25, 0.3) is 0 Å². The Hall–Kier alpha value is -1.89. The van der Waals surface area contributed by atoms with Crippen LogP contribution in [0.2, 0.25) is 0 Å². The number of alkyl halides is 2. The van der Waals surface area contributed by atoms with Crippen molar-refractivity contribution in [3.8, 4) is 5.75 Å². The number of halogens is 2. The molecule has 1 fully saturated rings. The van der Waals surface area contributed by atoms with Gasteiger partial charge >= 0.3 is 6.09 Å². The number of piperidine rings is 1. The smallest absolute Gasteiger partial charge is 0.407 e. The second-order valence-electron chi connectivity index (χ2n) is 7.91. The Morgan fingerprint density at radius 2 is 1.96 bits per heavy atom. The van der Waals surface area contributed by atoms with Crippen molar-refractivity contribution in [2.24, 2.45) is 0 Å². The van der Waals surface area contributed by atoms with Crippen LogP contribution in [-0.4, -0.2) is 55.3 Å². The van der Waals surface area contributed by atoms with Gasteiger partial charge in [-0.25, -0.2) is 13.6 Å². The van der Waals surface area contributed by atoms with Crippen LogP contribution in [0.15, 0.2) is 24.3 Å². The summed E-state index contributed by atoms with van der Waals surface area (Å²) in [6, 6.07) is 7.57. The molecule has 0 radical (unpaired) electrons. The van der Waals surface area contributed by atoms with Crippen LogP contribution in [-0.2, 0) is 11.2 Å². The van der Waals surface area contributed by atoms with Gasteiger partial charge in [0.15, 0.2) is 0 Å². The summed E-state index contributed by atoms with van der Waals surface area (Å²) < 4.78 is 37.6. The number of nitrogens with zero attached hydrogens (tertiary/aromatic N) is 1. The van der Waals surface area contributed by atoms with Gasteiger partial charge in [0.05, 0.1) is 6.54 Å². The maximum absolute atomic E-state index is 13.4. The number of hydrogen-bond acceptors (Lipinski definition) is 4. The minimum absolute atomic E-state index is 0.0192. The predicted molar refractivity (Wildman–Crippen MR) is 100 cm³/mol. The number of ether oxygens (including phenoxy) is 2. The lowest BCUT2D eigenvalue weighted by atomic mass is 10.1. The average Bonchev–Trinajstić information content (AvgIpc) is 2.54. The molecule has 5 nitrogen and oxygen atoms in total. The van der Waals surface area contributed by atoms with E-state index in [9.17, 15) is 13.6 Å². The number of rotatable bonds is 7. The Bertz CT molecular complexity index is 600. The molecule has 152 valence electrons. The average molecular weight is 384 g/mol. The second-order valence-corrected chi connectivity index (χ2v) is 7.91. The third-order valence-electron chi connectivity index (χ3n) is 4.15. The Labute approximate surface area is 160 Å². The number of carbonyl (C=O) groups excluding carboxylic acids is 1. The van der Waals surface area contributed by atoms with Crippen molar-refractivity contribution in [3.63, 3.8) is 0 Å². The summed E-state index contributed by atoms with van der Waals surface area (Å²) in [6.07, 6.45) is 0.765. The highest BCUT2D eigenvalue weighted by Gasteiger charge is 2.34. The topological polar surface area (TPSA) is 50.8 Å². The summed E-state index contributed by atoms with van der Waals surface area (Å²) >= 11 is 0. The highest BCUT2D eigenvalue weighted by atomic mass is 19.3. The molecule has 1 saturated heterocycles. The van der Waals surface area contributed by atoms with Crippen LogP contribution in [0.5, 0.6) is 5.75 Å². The first-order chi connectivity index (χ1) is 12.6. The molecule has 0 bridgehead atoms. The fourth-order valence-corrected chi connectivity index (χ4v) is 2.91. The van der Waals surface area contributed by atoms with Crippen molar-refractivity contribution in [1.82, 2.24) is 10.2 Å². The molecular weight excluding hydrogens is 354 g/mol. The summed E-state index contributed by atoms with van der Waals surface area (Å²) in [6.45, 7) is 7.35. The molecule has 27 heavy (non-hydrogen) atoms. The molecule has 0 atom stereocenters. The summed E-state index contributed by atoms with van der Waals surface area (Å²) in [4.78, 5) is 13.3. The van der Waals surface area contributed by atoms with Gasteiger partial charge in [-0.3, -0.25) is 4.90 Å². The normalized spacial score (nSPS) is 17.4. The molecule has 1 aromatic rings. The summed E-state index contributed by atoms with van der Waals surface area (Å²) in [5.41, 5.74) is 0.557. The van der Waals surface area contributed by atoms with Gasteiger partial charge in [-0.15, -0.1) is 0 Å². The Balaban J connectivity index is 1.65. The van der Waals surface area contributed by atoms with Crippen molar-refractivity contribution < 1.29 is 23.0 Å². The monoisotopic (exact) mass is 384 g/mol. The molecule has 1 aliphatic rings. The van der Waals surface area contributed by atoms with Crippen LogP contribution in [0.1, 0.15) is 39.2 Å². The van der Waals surface area contributed by atoms with Crippen LogP contribution in [0.4, 0.5) is 13.6 Å². The van der Waals surface area contributed by atoms with E-state index < -0.39 is 17.6 Å². The minimum atomic E-state index is -2.58. The number of carbonyl (C=O) groups is 1. The summed E-state index contributed by atoms with van der Waals surface area (Å²) in [7, 11) is 0. The first kappa shape index (κ1) is 21.4. The SMILES string of the molecule is CC(C)(C)OC(=O)NCCc1ccc(OCCN2CCCC(F)(F)C2)cc1. The van der Waals surface area contributed by atoms with Crippen LogP contribution in [0.3, 0.4) is 0 Å². The van der Waals surface area contributed by atoms with E-state index in [0.29, 0.717) is 44.8 Å². The van der Waals surface area contributed by atoms with Gasteiger partial charge < -0.3 is 14.8 Å². The van der Waals surface area contributed by atoms with Gasteiger partial charge in [-0.1, -0.05) is 12.1 Å². The molecule has 0 aliphatic carbocycles. The zero-order valence-electron chi connectivity index (χ0n) is 16.4. The maximum Gasteiger partial charge on any atom is 0.407 e. The van der Waals surface area contributed by atoms with E-state index in [4.69, 9.17) is 9.47 Å². The molecule has 0 saturated carbocycles. The standard InChI is InChI=1S/C20H30F2N2O3/c1-19(2,3)27-18(25)23-11-9-16-5-7-17(8-6-16)26-14-13-24-12-4-10-20(21,22)15-24/h5-8H,4,9-15H2,1-3H3,(H,23,25). The molecule has 1 amide bonds. The van der Waals surface area contributed by atoms with E-state index in [1.54, 1.807) is 4.90 Å². The fraction of sp³-hybridized carbons (Fsp3) is 0.650. The van der Waals surface area contributed by atoms with E-state index in [-0.39, 0.29) is 13.0 Å². The molecule has 0 spiro atoms. The molecule has 7 heteroatoms. The van der Waals surface area contributed by atoms with Crippen LogP contribution < -0.4 is 10.1 Å². The van der Waals surface area contributed by atoms with Gasteiger partial charge in [0.2, 0.25) is 0 Å². The molecular formula is C20H30F2N2O3. The predicted octanol–water partition coefficient (Wildman–Crippen LogP) is 3.86. The van der Waals surface area contributed by atoms with E-state index in [0.717, 1.165) is 5.56 Å². The van der Waals surface area contributed by atoms with Crippen molar-refractivity contribution in [2.75, 3.05) is 32.8 Å². The van der Waals surface area contributed by atoms with Crippen LogP contribution >= 0.6 is 0 Å². The Morgan fingerprint density at radius 3 is 2.59 bits per heavy atom. The number of amides is 1. The summed E-state index contributed by atoms with van der Waals surface area (Å²) in [5.74, 6) is -1.87. The van der Waals surface area contributed by atoms with E-state index >= 15 is 0 Å². The third kappa shape index (κ3) is 8.56. The molecule has 1 aromatic carbocycles. The molecule has 1 N–H and O–H groups in total. The minimum Gasteiger partial charge on any atom is -0.492 e. The zero-order valence-corrected chi connectivity index (χ0v) is 16.4. The lowest BCUT2D eigenvalue weighted by Crippen LogP contribution is -2.44. The lowest BCUT2D eigenvalue weighted by Gasteiger charge is -2.32. The van der Waals surface area contributed by atoms with Gasteiger partial charge in [-0.05, 0) is 57.9 Å². The van der Waals surface area contributed by atoms with Crippen molar-refractivity contribution in [1.29, 1.82) is 0 Å². The Morgan fingerprint density at radius 1 is 1.26 bits per heavy atom. The number of likely N-dealkylation sites (tertiary alicyclic amines) is 1. The fourth-order valence-electron chi connectivity index (χ4n) is 2.91. The highest BCUT2D eigenvalue weighted by molar-refractivity contribution is 5.67.